The summed E-state index contributed by atoms with van der Waals surface area (Å²) in [4.78, 5) is 2.65. The number of nitrogens with zero attached hydrogens (tertiary/aromatic N) is 1. The van der Waals surface area contributed by atoms with E-state index in [0.29, 0.717) is 23.8 Å². The second-order valence-electron chi connectivity index (χ2n) is 11.3. The predicted octanol–water partition coefficient (Wildman–Crippen LogP) is 1.90. The van der Waals surface area contributed by atoms with Gasteiger partial charge in [0.15, 0.2) is 0 Å². The van der Waals surface area contributed by atoms with Gasteiger partial charge in [-0.05, 0) is 49.5 Å². The third-order valence-corrected chi connectivity index (χ3v) is 10.9. The van der Waals surface area contributed by atoms with Crippen LogP contribution in [0.5, 0.6) is 0 Å². The highest BCUT2D eigenvalue weighted by molar-refractivity contribution is 5.32. The average Bonchev–Trinajstić information content (AvgIpc) is 3.16. The number of aliphatic hydroxyl groups excluding tert-OH is 1. The molecular formula is C23H37NO4. The molecule has 5 aliphatic carbocycles. The Labute approximate surface area is 168 Å². The highest BCUT2D eigenvalue weighted by atomic mass is 16.5. The topological polar surface area (TPSA) is 62.2 Å². The van der Waals surface area contributed by atoms with Crippen molar-refractivity contribution in [1.82, 2.24) is 4.90 Å². The van der Waals surface area contributed by atoms with Gasteiger partial charge < -0.3 is 19.7 Å². The van der Waals surface area contributed by atoms with Crippen LogP contribution < -0.4 is 0 Å². The van der Waals surface area contributed by atoms with Crippen molar-refractivity contribution in [2.24, 2.45) is 40.4 Å². The van der Waals surface area contributed by atoms with Crippen LogP contribution in [0.1, 0.15) is 46.0 Å². The molecule has 0 radical (unpaired) electrons. The quantitative estimate of drug-likeness (QED) is 0.770. The molecule has 1 spiro atoms. The molecule has 158 valence electrons. The van der Waals surface area contributed by atoms with Gasteiger partial charge in [-0.2, -0.15) is 0 Å². The third kappa shape index (κ3) is 1.73. The molecule has 5 nitrogen and oxygen atoms in total. The maximum absolute atomic E-state index is 12.4. The second kappa shape index (κ2) is 5.53. The first-order valence-electron chi connectivity index (χ1n) is 11.6. The van der Waals surface area contributed by atoms with Gasteiger partial charge in [0, 0.05) is 56.4 Å². The van der Waals surface area contributed by atoms with Crippen molar-refractivity contribution in [2.75, 3.05) is 27.3 Å². The van der Waals surface area contributed by atoms with Gasteiger partial charge in [-0.3, -0.25) is 4.90 Å². The normalized spacial score (nSPS) is 64.3. The van der Waals surface area contributed by atoms with E-state index < -0.39 is 5.60 Å². The molecule has 6 aliphatic rings. The van der Waals surface area contributed by atoms with E-state index >= 15 is 0 Å². The predicted molar refractivity (Wildman–Crippen MR) is 105 cm³/mol. The van der Waals surface area contributed by atoms with Crippen molar-refractivity contribution in [1.29, 1.82) is 0 Å². The van der Waals surface area contributed by atoms with E-state index in [0.717, 1.165) is 45.2 Å². The minimum atomic E-state index is -0.731. The molecule has 2 N–H and O–H groups in total. The van der Waals surface area contributed by atoms with Gasteiger partial charge in [0.1, 0.15) is 0 Å². The van der Waals surface area contributed by atoms with Crippen LogP contribution in [0.4, 0.5) is 0 Å². The highest BCUT2D eigenvalue weighted by Gasteiger charge is 2.83. The Morgan fingerprint density at radius 2 is 1.93 bits per heavy atom. The number of rotatable bonds is 3. The van der Waals surface area contributed by atoms with Crippen molar-refractivity contribution >= 4 is 0 Å². The molecule has 0 aromatic rings. The lowest BCUT2D eigenvalue weighted by molar-refractivity contribution is -0.268. The van der Waals surface area contributed by atoms with Crippen LogP contribution >= 0.6 is 0 Å². The van der Waals surface area contributed by atoms with Gasteiger partial charge >= 0.3 is 0 Å². The van der Waals surface area contributed by atoms with E-state index in [2.05, 4.69) is 18.7 Å². The van der Waals surface area contributed by atoms with Gasteiger partial charge in [-0.25, -0.2) is 0 Å². The Kier molecular flexibility index (Phi) is 3.67. The molecule has 1 aliphatic heterocycles. The zero-order valence-electron chi connectivity index (χ0n) is 17.8. The number of hydrogen-bond donors (Lipinski definition) is 2. The van der Waals surface area contributed by atoms with E-state index in [-0.39, 0.29) is 41.0 Å². The first-order chi connectivity index (χ1) is 13.4. The first kappa shape index (κ1) is 18.6. The van der Waals surface area contributed by atoms with E-state index in [9.17, 15) is 10.2 Å². The molecular weight excluding hydrogens is 354 g/mol. The van der Waals surface area contributed by atoms with Gasteiger partial charge in [0.2, 0.25) is 0 Å². The standard InChI is InChI=1S/C23H37NO4/c1-5-24-11-21(2)7-6-17(25)23-13-8-12-15(27-3)10-22(26,18(13)19(12)28-4)14(20(23)24)9-16(21)23/h12-20,25-26H,5-11H2,1-4H3/t12-,13-,14+,15?,16-,17+,18-,19-,20?,21?,22+,23-/m0/s1. The van der Waals surface area contributed by atoms with Gasteiger partial charge in [0.25, 0.3) is 0 Å². The molecule has 6 rings (SSSR count). The summed E-state index contributed by atoms with van der Waals surface area (Å²) in [7, 11) is 3.61. The van der Waals surface area contributed by atoms with Crippen molar-refractivity contribution in [2.45, 2.75) is 75.9 Å². The molecule has 28 heavy (non-hydrogen) atoms. The molecule has 12 atom stereocenters. The van der Waals surface area contributed by atoms with Crippen LogP contribution in [0.3, 0.4) is 0 Å². The minimum Gasteiger partial charge on any atom is -0.392 e. The molecule has 5 saturated carbocycles. The summed E-state index contributed by atoms with van der Waals surface area (Å²) in [5, 5.41) is 24.0. The lowest BCUT2D eigenvalue weighted by atomic mass is 9.43. The molecule has 1 saturated heterocycles. The zero-order valence-corrected chi connectivity index (χ0v) is 17.8. The average molecular weight is 392 g/mol. The monoisotopic (exact) mass is 391 g/mol. The van der Waals surface area contributed by atoms with Crippen LogP contribution in [0.15, 0.2) is 0 Å². The van der Waals surface area contributed by atoms with Crippen LogP contribution in [0, 0.1) is 40.4 Å². The number of methoxy groups -OCH3 is 2. The Hall–Kier alpha value is -0.200. The summed E-state index contributed by atoms with van der Waals surface area (Å²) in [5.41, 5.74) is -0.543. The Bertz CT molecular complexity index is 688. The van der Waals surface area contributed by atoms with Crippen molar-refractivity contribution in [3.8, 4) is 0 Å². The zero-order chi connectivity index (χ0) is 19.6. The Morgan fingerprint density at radius 1 is 1.14 bits per heavy atom. The number of aliphatic hydroxyl groups is 2. The number of piperidine rings is 1. The molecule has 6 fully saturated rings. The van der Waals surface area contributed by atoms with Gasteiger partial charge in [-0.15, -0.1) is 0 Å². The number of ether oxygens (including phenoxy) is 2. The minimum absolute atomic E-state index is 0.0580. The molecule has 5 heteroatoms. The molecule has 7 bridgehead atoms. The van der Waals surface area contributed by atoms with Crippen molar-refractivity contribution < 1.29 is 19.7 Å². The summed E-state index contributed by atoms with van der Waals surface area (Å²) in [6.45, 7) is 6.88. The van der Waals surface area contributed by atoms with Crippen LogP contribution in [0.2, 0.25) is 0 Å². The lowest BCUT2D eigenvalue weighted by Gasteiger charge is -2.68. The lowest BCUT2D eigenvalue weighted by Crippen LogP contribution is -2.75. The summed E-state index contributed by atoms with van der Waals surface area (Å²) in [5.74, 6) is 1.58. The molecule has 0 amide bonds. The Balaban J connectivity index is 1.59. The fourth-order valence-electron chi connectivity index (χ4n) is 10.4. The van der Waals surface area contributed by atoms with E-state index in [1.807, 2.05) is 7.11 Å². The second-order valence-corrected chi connectivity index (χ2v) is 11.3. The summed E-state index contributed by atoms with van der Waals surface area (Å²) >= 11 is 0. The third-order valence-electron chi connectivity index (χ3n) is 10.9. The van der Waals surface area contributed by atoms with Gasteiger partial charge in [0.05, 0.1) is 23.9 Å². The highest BCUT2D eigenvalue weighted by Crippen LogP contribution is 2.78. The van der Waals surface area contributed by atoms with Crippen LogP contribution in [-0.2, 0) is 9.47 Å². The number of hydrogen-bond acceptors (Lipinski definition) is 5. The van der Waals surface area contributed by atoms with E-state index in [1.54, 1.807) is 7.11 Å². The largest absolute Gasteiger partial charge is 0.392 e. The van der Waals surface area contributed by atoms with Crippen molar-refractivity contribution in [3.63, 3.8) is 0 Å². The summed E-state index contributed by atoms with van der Waals surface area (Å²) in [6, 6.07) is 0.309. The van der Waals surface area contributed by atoms with E-state index in [1.165, 1.54) is 0 Å². The van der Waals surface area contributed by atoms with Crippen molar-refractivity contribution in [3.05, 3.63) is 0 Å². The maximum atomic E-state index is 12.4. The molecule has 3 unspecified atom stereocenters. The number of fused-ring (bicyclic) bond motifs is 2. The summed E-state index contributed by atoms with van der Waals surface area (Å²) in [6.07, 6.45) is 4.75. The number of likely N-dealkylation sites (tertiary alicyclic amines) is 1. The van der Waals surface area contributed by atoms with E-state index in [4.69, 9.17) is 9.47 Å². The van der Waals surface area contributed by atoms with Gasteiger partial charge in [-0.1, -0.05) is 13.8 Å². The molecule has 0 aromatic heterocycles. The maximum Gasteiger partial charge on any atom is 0.0771 e. The van der Waals surface area contributed by atoms with Crippen LogP contribution in [0.25, 0.3) is 0 Å². The smallest absolute Gasteiger partial charge is 0.0771 e. The molecule has 1 heterocycles. The first-order valence-corrected chi connectivity index (χ1v) is 11.6. The Morgan fingerprint density at radius 3 is 2.61 bits per heavy atom. The van der Waals surface area contributed by atoms with Crippen LogP contribution in [-0.4, -0.2) is 72.4 Å². The SMILES string of the molecule is CCN1CC2(C)CC[C@@H](O)[C@@]34C1[C@@H](C[C@@H]23)[C@]1(O)CC(OC)[C@@H]2C[C@H]4[C@H]1[C@H]2OC. The fourth-order valence-corrected chi connectivity index (χ4v) is 10.4. The molecule has 0 aromatic carbocycles. The summed E-state index contributed by atoms with van der Waals surface area (Å²) < 4.78 is 12.0. The fraction of sp³-hybridized carbons (Fsp3) is 1.00.